The summed E-state index contributed by atoms with van der Waals surface area (Å²) in [6, 6.07) is 81.8. The third-order valence-electron chi connectivity index (χ3n) is 15.1. The molecule has 0 radical (unpaired) electrons. The van der Waals surface area contributed by atoms with Gasteiger partial charge in [0, 0.05) is 33.8 Å². The fourth-order valence-electron chi connectivity index (χ4n) is 10.5. The molecular weight excluding hydrogens is 949 g/mol. The topological polar surface area (TPSA) is 6.48 Å². The summed E-state index contributed by atoms with van der Waals surface area (Å²) in [7, 11) is -3.13. The van der Waals surface area contributed by atoms with E-state index in [1.54, 1.807) is 0 Å². The molecule has 2 nitrogen and oxygen atoms in total. The van der Waals surface area contributed by atoms with Crippen LogP contribution in [0.1, 0.15) is 63.8 Å². The highest BCUT2D eigenvalue weighted by atomic mass is 28.3. The number of hydrogen-bond donors (Lipinski definition) is 0. The van der Waals surface area contributed by atoms with Gasteiger partial charge in [-0.25, -0.2) is 0 Å². The summed E-state index contributed by atoms with van der Waals surface area (Å²) >= 11 is 0. The molecule has 0 N–H and O–H groups in total. The highest BCUT2D eigenvalue weighted by molar-refractivity contribution is 6.89. The normalized spacial score (nSPS) is 12.4. The van der Waals surface area contributed by atoms with E-state index in [1.807, 2.05) is 0 Å². The standard InChI is InChI=1S/C72H74N2Si2/c1-71(2,3)55-21-17-23-58(47-55)73(60-25-19-27-62(49-60)75(7,8)9)57-42-39-53(40-43-57)52-36-33-51(34-37-52)35-38-54-41-44-67(65-30-14-13-29-64(54)65)68-45-46-70(69-32-16-15-31-66(68)69)74(59-24-18-22-56(48-59)72(4,5)6)61-26-20-28-63(50-61)76(10,11)12/h13-50H,1-12H3. The van der Waals surface area contributed by atoms with E-state index in [2.05, 4.69) is 321 Å². The summed E-state index contributed by atoms with van der Waals surface area (Å²) in [5.41, 5.74) is 17.0. The molecule has 0 bridgehead atoms. The minimum absolute atomic E-state index is 0.0147. The van der Waals surface area contributed by atoms with Crippen LogP contribution in [0.3, 0.4) is 0 Å². The van der Waals surface area contributed by atoms with Crippen LogP contribution in [-0.4, -0.2) is 16.1 Å². The first-order chi connectivity index (χ1) is 36.2. The van der Waals surface area contributed by atoms with Crippen molar-refractivity contribution in [2.45, 2.75) is 91.7 Å². The zero-order chi connectivity index (χ0) is 53.6. The summed E-state index contributed by atoms with van der Waals surface area (Å²) in [5, 5.41) is 7.83. The highest BCUT2D eigenvalue weighted by Crippen LogP contribution is 2.45. The second-order valence-electron chi connectivity index (χ2n) is 24.8. The molecule has 0 spiro atoms. The molecule has 76 heavy (non-hydrogen) atoms. The molecule has 0 aliphatic carbocycles. The third kappa shape index (κ3) is 10.9. The van der Waals surface area contributed by atoms with Crippen molar-refractivity contribution in [2.24, 2.45) is 0 Å². The lowest BCUT2D eigenvalue weighted by molar-refractivity contribution is 0.590. The van der Waals surface area contributed by atoms with E-state index in [1.165, 1.54) is 99.3 Å². The van der Waals surface area contributed by atoms with Crippen molar-refractivity contribution in [1.29, 1.82) is 0 Å². The Morgan fingerprint density at radius 1 is 0.329 bits per heavy atom. The first-order valence-corrected chi connectivity index (χ1v) is 34.2. The maximum absolute atomic E-state index is 2.48. The molecule has 10 aromatic rings. The number of fused-ring (bicyclic) bond motifs is 2. The lowest BCUT2D eigenvalue weighted by Crippen LogP contribution is -2.37. The molecule has 0 amide bonds. The van der Waals surface area contributed by atoms with Gasteiger partial charge in [-0.2, -0.15) is 0 Å². The largest absolute Gasteiger partial charge is 0.311 e. The Balaban J connectivity index is 0.954. The van der Waals surface area contributed by atoms with Crippen LogP contribution in [0.15, 0.2) is 218 Å². The molecule has 0 saturated carbocycles. The minimum Gasteiger partial charge on any atom is -0.311 e. The zero-order valence-corrected chi connectivity index (χ0v) is 48.8. The van der Waals surface area contributed by atoms with Gasteiger partial charge in [-0.1, -0.05) is 255 Å². The van der Waals surface area contributed by atoms with Gasteiger partial charge in [-0.15, -0.1) is 0 Å². The van der Waals surface area contributed by atoms with E-state index < -0.39 is 16.1 Å². The second-order valence-corrected chi connectivity index (χ2v) is 35.0. The number of rotatable bonds is 12. The minimum atomic E-state index is -1.60. The fraction of sp³-hybridized carbons (Fsp3) is 0.194. The zero-order valence-electron chi connectivity index (χ0n) is 46.8. The highest BCUT2D eigenvalue weighted by Gasteiger charge is 2.25. The Morgan fingerprint density at radius 2 is 0.750 bits per heavy atom. The number of benzene rings is 10. The number of anilines is 6. The van der Waals surface area contributed by atoms with E-state index in [9.17, 15) is 0 Å². The first kappa shape index (κ1) is 52.0. The van der Waals surface area contributed by atoms with E-state index in [0.29, 0.717) is 0 Å². The molecule has 0 atom stereocenters. The molecule has 0 saturated heterocycles. The molecule has 10 aromatic carbocycles. The van der Waals surface area contributed by atoms with Crippen LogP contribution in [0.2, 0.25) is 39.3 Å². The summed E-state index contributed by atoms with van der Waals surface area (Å²) in [4.78, 5) is 4.90. The SMILES string of the molecule is CC(C)(C)c1cccc(N(c2ccc(-c3ccc(C=Cc4ccc(-c5ccc(N(c6cccc(C(C)(C)C)c6)c6cccc([Si](C)(C)C)c6)c6ccccc56)c5ccccc45)cc3)cc2)c2cccc([Si](C)(C)C)c2)c1. The molecule has 10 rings (SSSR count). The van der Waals surface area contributed by atoms with Crippen molar-refractivity contribution >= 4 is 94.3 Å². The monoisotopic (exact) mass is 1020 g/mol. The maximum Gasteiger partial charge on any atom is 0.0776 e. The van der Waals surface area contributed by atoms with Crippen LogP contribution >= 0.6 is 0 Å². The molecule has 0 heterocycles. The van der Waals surface area contributed by atoms with Crippen molar-refractivity contribution in [1.82, 2.24) is 0 Å². The Hall–Kier alpha value is -7.51. The lowest BCUT2D eigenvalue weighted by atomic mass is 9.86. The van der Waals surface area contributed by atoms with Crippen LogP contribution in [-0.2, 0) is 10.8 Å². The summed E-state index contributed by atoms with van der Waals surface area (Å²) < 4.78 is 0. The molecule has 0 fully saturated rings. The molecule has 0 unspecified atom stereocenters. The van der Waals surface area contributed by atoms with Crippen LogP contribution in [0.25, 0.3) is 56.0 Å². The van der Waals surface area contributed by atoms with Crippen molar-refractivity contribution in [3.05, 3.63) is 241 Å². The van der Waals surface area contributed by atoms with Gasteiger partial charge in [0.05, 0.1) is 21.8 Å². The Labute approximate surface area is 456 Å². The van der Waals surface area contributed by atoms with Gasteiger partial charge < -0.3 is 9.80 Å². The van der Waals surface area contributed by atoms with Gasteiger partial charge in [-0.05, 0) is 138 Å². The molecule has 0 aliphatic rings. The van der Waals surface area contributed by atoms with E-state index >= 15 is 0 Å². The van der Waals surface area contributed by atoms with E-state index in [4.69, 9.17) is 0 Å². The quantitative estimate of drug-likeness (QED) is 0.0889. The van der Waals surface area contributed by atoms with Crippen molar-refractivity contribution in [3.8, 4) is 22.3 Å². The van der Waals surface area contributed by atoms with E-state index in [0.717, 1.165) is 11.3 Å². The average Bonchev–Trinajstić information content (AvgIpc) is 3.42. The van der Waals surface area contributed by atoms with Crippen LogP contribution < -0.4 is 20.2 Å². The number of hydrogen-bond acceptors (Lipinski definition) is 2. The van der Waals surface area contributed by atoms with Gasteiger partial charge in [0.15, 0.2) is 0 Å². The third-order valence-corrected chi connectivity index (χ3v) is 19.2. The smallest absolute Gasteiger partial charge is 0.0776 e. The fourth-order valence-corrected chi connectivity index (χ4v) is 12.9. The molecule has 0 aliphatic heterocycles. The van der Waals surface area contributed by atoms with Crippen LogP contribution in [0, 0.1) is 0 Å². The van der Waals surface area contributed by atoms with Crippen molar-refractivity contribution < 1.29 is 0 Å². The van der Waals surface area contributed by atoms with Gasteiger partial charge in [0.1, 0.15) is 0 Å². The maximum atomic E-state index is 2.48. The number of nitrogens with zero attached hydrogens (tertiary/aromatic N) is 2. The predicted molar refractivity (Wildman–Crippen MR) is 340 cm³/mol. The molecule has 380 valence electrons. The lowest BCUT2D eigenvalue weighted by Gasteiger charge is -2.30. The summed E-state index contributed by atoms with van der Waals surface area (Å²) in [5.74, 6) is 0. The summed E-state index contributed by atoms with van der Waals surface area (Å²) in [6.07, 6.45) is 4.52. The molecule has 4 heteroatoms. The Kier molecular flexibility index (Phi) is 14.1. The van der Waals surface area contributed by atoms with Gasteiger partial charge >= 0.3 is 0 Å². The van der Waals surface area contributed by atoms with Crippen molar-refractivity contribution in [3.63, 3.8) is 0 Å². The van der Waals surface area contributed by atoms with Crippen LogP contribution in [0.5, 0.6) is 0 Å². The average molecular weight is 1020 g/mol. The van der Waals surface area contributed by atoms with Crippen LogP contribution in [0.4, 0.5) is 34.1 Å². The summed E-state index contributed by atoms with van der Waals surface area (Å²) in [6.45, 7) is 28.3. The van der Waals surface area contributed by atoms with Gasteiger partial charge in [0.25, 0.3) is 0 Å². The van der Waals surface area contributed by atoms with Gasteiger partial charge in [-0.3, -0.25) is 0 Å². The van der Waals surface area contributed by atoms with E-state index in [-0.39, 0.29) is 10.8 Å². The van der Waals surface area contributed by atoms with Crippen molar-refractivity contribution in [2.75, 3.05) is 9.80 Å². The second kappa shape index (κ2) is 20.6. The first-order valence-electron chi connectivity index (χ1n) is 27.2. The Morgan fingerprint density at radius 3 is 1.26 bits per heavy atom. The Bertz CT molecular complexity index is 3630. The predicted octanol–water partition coefficient (Wildman–Crippen LogP) is 20.1. The molecular formula is C72H74N2Si2. The van der Waals surface area contributed by atoms with Gasteiger partial charge in [0.2, 0.25) is 0 Å². The molecule has 0 aromatic heterocycles.